The molecule has 1 aliphatic heterocycles. The summed E-state index contributed by atoms with van der Waals surface area (Å²) in [4.78, 5) is 13.5. The van der Waals surface area contributed by atoms with E-state index < -0.39 is 0 Å². The van der Waals surface area contributed by atoms with Gasteiger partial charge in [-0.05, 0) is 67.6 Å². The van der Waals surface area contributed by atoms with Gasteiger partial charge in [0.15, 0.2) is 0 Å². The number of fused-ring (bicyclic) bond motifs is 1. The molecule has 0 saturated carbocycles. The lowest BCUT2D eigenvalue weighted by Gasteiger charge is -2.32. The van der Waals surface area contributed by atoms with E-state index in [1.807, 2.05) is 12.1 Å². The first kappa shape index (κ1) is 19.9. The Kier molecular flexibility index (Phi) is 5.32. The molecule has 4 nitrogen and oxygen atoms in total. The van der Waals surface area contributed by atoms with Crippen LogP contribution in [0.25, 0.3) is 21.3 Å². The number of hydrogen-bond donors (Lipinski definition) is 1. The third-order valence-electron chi connectivity index (χ3n) is 6.08. The lowest BCUT2D eigenvalue weighted by Crippen LogP contribution is -2.32. The molecular weight excluding hydrogens is 407 g/mol. The zero-order valence-corrected chi connectivity index (χ0v) is 18.5. The Morgan fingerprint density at radius 3 is 2.42 bits per heavy atom. The van der Waals surface area contributed by atoms with E-state index in [1.165, 1.54) is 30.7 Å². The number of halogens is 1. The van der Waals surface area contributed by atoms with Gasteiger partial charge in [-0.2, -0.15) is 0 Å². The lowest BCUT2D eigenvalue weighted by molar-refractivity contribution is 0.438. The van der Waals surface area contributed by atoms with Gasteiger partial charge in [0.1, 0.15) is 22.8 Å². The maximum absolute atomic E-state index is 13.5. The highest BCUT2D eigenvalue weighted by atomic mass is 32.1. The fourth-order valence-corrected chi connectivity index (χ4v) is 5.27. The summed E-state index contributed by atoms with van der Waals surface area (Å²) in [7, 11) is 0. The number of thiophene rings is 1. The molecular formula is C25H25FN4S. The van der Waals surface area contributed by atoms with E-state index >= 15 is 0 Å². The average molecular weight is 433 g/mol. The average Bonchev–Trinajstić information content (AvgIpc) is 3.12. The molecule has 158 valence electrons. The van der Waals surface area contributed by atoms with E-state index in [-0.39, 0.29) is 5.82 Å². The Morgan fingerprint density at radius 1 is 1.00 bits per heavy atom. The molecule has 5 rings (SSSR count). The van der Waals surface area contributed by atoms with Crippen molar-refractivity contribution in [2.24, 2.45) is 5.92 Å². The second kappa shape index (κ2) is 8.27. The van der Waals surface area contributed by atoms with Gasteiger partial charge < -0.3 is 10.2 Å². The smallest absolute Gasteiger partial charge is 0.143 e. The maximum Gasteiger partial charge on any atom is 0.143 e. The number of rotatable bonds is 4. The number of anilines is 3. The number of piperidine rings is 1. The minimum absolute atomic E-state index is 0.237. The van der Waals surface area contributed by atoms with Crippen molar-refractivity contribution in [3.05, 3.63) is 65.6 Å². The Morgan fingerprint density at radius 2 is 1.71 bits per heavy atom. The number of nitrogens with one attached hydrogen (secondary N) is 1. The van der Waals surface area contributed by atoms with Crippen LogP contribution >= 0.6 is 11.3 Å². The summed E-state index contributed by atoms with van der Waals surface area (Å²) >= 11 is 1.63. The zero-order valence-electron chi connectivity index (χ0n) is 17.7. The van der Waals surface area contributed by atoms with Gasteiger partial charge in [-0.3, -0.25) is 0 Å². The Bertz CT molecular complexity index is 1190. The molecule has 1 fully saturated rings. The highest BCUT2D eigenvalue weighted by Gasteiger charge is 2.18. The molecule has 1 N–H and O–H groups in total. The topological polar surface area (TPSA) is 41.1 Å². The third-order valence-corrected chi connectivity index (χ3v) is 7.09. The summed E-state index contributed by atoms with van der Waals surface area (Å²) in [5.41, 5.74) is 4.28. The van der Waals surface area contributed by atoms with Crippen molar-refractivity contribution in [3.63, 3.8) is 0 Å². The van der Waals surface area contributed by atoms with E-state index in [9.17, 15) is 4.39 Å². The molecule has 0 amide bonds. The monoisotopic (exact) mass is 432 g/mol. The highest BCUT2D eigenvalue weighted by Crippen LogP contribution is 2.41. The van der Waals surface area contributed by atoms with Crippen LogP contribution in [0, 0.1) is 18.7 Å². The zero-order chi connectivity index (χ0) is 21.4. The molecule has 1 saturated heterocycles. The molecule has 0 bridgehead atoms. The van der Waals surface area contributed by atoms with Gasteiger partial charge in [-0.15, -0.1) is 11.3 Å². The Hall–Kier alpha value is -2.99. The van der Waals surface area contributed by atoms with Crippen molar-refractivity contribution in [1.82, 2.24) is 9.97 Å². The summed E-state index contributed by atoms with van der Waals surface area (Å²) in [5, 5.41) is 4.46. The molecule has 0 unspecified atom stereocenters. The van der Waals surface area contributed by atoms with Gasteiger partial charge in [0.2, 0.25) is 0 Å². The fraction of sp³-hybridized carbons (Fsp3) is 0.280. The Labute approximate surface area is 185 Å². The first-order chi connectivity index (χ1) is 15.1. The second-order valence-electron chi connectivity index (χ2n) is 8.28. The molecule has 6 heteroatoms. The van der Waals surface area contributed by atoms with Crippen LogP contribution in [-0.4, -0.2) is 23.1 Å². The normalized spacial score (nSPS) is 14.9. The molecule has 1 aliphatic rings. The van der Waals surface area contributed by atoms with E-state index in [0.717, 1.165) is 56.7 Å². The largest absolute Gasteiger partial charge is 0.372 e. The summed E-state index contributed by atoms with van der Waals surface area (Å²) in [6.45, 7) is 6.65. The minimum atomic E-state index is -0.237. The van der Waals surface area contributed by atoms with E-state index in [4.69, 9.17) is 0 Å². The predicted octanol–water partition coefficient (Wildman–Crippen LogP) is 6.79. The van der Waals surface area contributed by atoms with Crippen LogP contribution in [0.3, 0.4) is 0 Å². The fourth-order valence-electron chi connectivity index (χ4n) is 4.26. The quantitative estimate of drug-likeness (QED) is 0.386. The van der Waals surface area contributed by atoms with Crippen LogP contribution in [0.4, 0.5) is 21.6 Å². The van der Waals surface area contributed by atoms with Crippen molar-refractivity contribution in [3.8, 4) is 11.1 Å². The SMILES string of the molecule is Cc1sc2ncnc(Nc3ccc(N4CCC(C)CC4)cc3)c2c1-c1ccc(F)cc1. The van der Waals surface area contributed by atoms with Gasteiger partial charge in [0, 0.05) is 34.9 Å². The molecule has 0 aliphatic carbocycles. The predicted molar refractivity (Wildman–Crippen MR) is 128 cm³/mol. The summed E-state index contributed by atoms with van der Waals surface area (Å²) in [5.74, 6) is 1.36. The first-order valence-corrected chi connectivity index (χ1v) is 11.5. The van der Waals surface area contributed by atoms with Crippen molar-refractivity contribution >= 4 is 38.7 Å². The Balaban J connectivity index is 1.46. The van der Waals surface area contributed by atoms with Crippen molar-refractivity contribution in [2.75, 3.05) is 23.3 Å². The van der Waals surface area contributed by atoms with E-state index in [2.05, 4.69) is 58.3 Å². The second-order valence-corrected chi connectivity index (χ2v) is 9.49. The summed E-state index contributed by atoms with van der Waals surface area (Å²) in [6, 6.07) is 15.2. The van der Waals surface area contributed by atoms with Gasteiger partial charge in [0.25, 0.3) is 0 Å². The molecule has 2 aromatic carbocycles. The third kappa shape index (κ3) is 4.00. The molecule has 3 heterocycles. The van der Waals surface area contributed by atoms with Crippen LogP contribution in [0.1, 0.15) is 24.6 Å². The highest BCUT2D eigenvalue weighted by molar-refractivity contribution is 7.19. The first-order valence-electron chi connectivity index (χ1n) is 10.7. The van der Waals surface area contributed by atoms with Gasteiger partial charge in [0.05, 0.1) is 5.39 Å². The van der Waals surface area contributed by atoms with Gasteiger partial charge in [-0.1, -0.05) is 19.1 Å². The summed E-state index contributed by atoms with van der Waals surface area (Å²) < 4.78 is 13.5. The van der Waals surface area contributed by atoms with Crippen molar-refractivity contribution in [1.29, 1.82) is 0 Å². The number of hydrogen-bond acceptors (Lipinski definition) is 5. The molecule has 4 aromatic rings. The molecule has 31 heavy (non-hydrogen) atoms. The molecule has 0 atom stereocenters. The van der Waals surface area contributed by atoms with Crippen LogP contribution in [-0.2, 0) is 0 Å². The lowest BCUT2D eigenvalue weighted by atomic mass is 9.99. The molecule has 0 spiro atoms. The van der Waals surface area contributed by atoms with Crippen LogP contribution in [0.2, 0.25) is 0 Å². The molecule has 2 aromatic heterocycles. The van der Waals surface area contributed by atoms with Crippen LogP contribution in [0.5, 0.6) is 0 Å². The van der Waals surface area contributed by atoms with Crippen molar-refractivity contribution in [2.45, 2.75) is 26.7 Å². The van der Waals surface area contributed by atoms with Crippen LogP contribution in [0.15, 0.2) is 54.9 Å². The van der Waals surface area contributed by atoms with Gasteiger partial charge in [-0.25, -0.2) is 14.4 Å². The molecule has 0 radical (unpaired) electrons. The number of aryl methyl sites for hydroxylation is 1. The number of nitrogens with zero attached hydrogens (tertiary/aromatic N) is 3. The summed E-state index contributed by atoms with van der Waals surface area (Å²) in [6.07, 6.45) is 4.10. The minimum Gasteiger partial charge on any atom is -0.372 e. The van der Waals surface area contributed by atoms with E-state index in [0.29, 0.717) is 0 Å². The van der Waals surface area contributed by atoms with Crippen molar-refractivity contribution < 1.29 is 4.39 Å². The van der Waals surface area contributed by atoms with Crippen LogP contribution < -0.4 is 10.2 Å². The van der Waals surface area contributed by atoms with E-state index in [1.54, 1.807) is 17.7 Å². The number of aromatic nitrogens is 2. The van der Waals surface area contributed by atoms with Gasteiger partial charge >= 0.3 is 0 Å². The standard InChI is InChI=1S/C25H25FN4S/c1-16-11-13-30(14-12-16)21-9-7-20(8-10-21)29-24-23-22(18-3-5-19(26)6-4-18)17(2)31-25(23)28-15-27-24/h3-10,15-16H,11-14H2,1-2H3,(H,27,28,29). The number of benzene rings is 2. The maximum atomic E-state index is 13.5.